The molecule has 0 aliphatic carbocycles. The van der Waals surface area contributed by atoms with Gasteiger partial charge in [-0.15, -0.1) is 0 Å². The number of carbonyl (C=O) groups is 1. The summed E-state index contributed by atoms with van der Waals surface area (Å²) in [6.07, 6.45) is 0. The van der Waals surface area contributed by atoms with E-state index in [0.717, 1.165) is 0 Å². The molecule has 1 aromatic rings. The summed E-state index contributed by atoms with van der Waals surface area (Å²) in [5.41, 5.74) is 0. The first-order chi connectivity index (χ1) is 4.39. The summed E-state index contributed by atoms with van der Waals surface area (Å²) in [6.45, 7) is 2.00. The highest BCUT2D eigenvalue weighted by Gasteiger charge is 1.74. The Morgan fingerprint density at radius 3 is 1.78 bits per heavy atom. The van der Waals surface area contributed by atoms with Crippen LogP contribution in [-0.2, 0) is 4.79 Å². The molecule has 0 aliphatic rings. The lowest BCUT2D eigenvalue weighted by Gasteiger charge is -1.82. The summed E-state index contributed by atoms with van der Waals surface area (Å²) in [5, 5.41) is 8.63. The van der Waals surface area contributed by atoms with Crippen molar-refractivity contribution < 1.29 is 9.90 Å². The molecule has 0 heterocycles. The van der Waals surface area contributed by atoms with Crippen molar-refractivity contribution in [3.63, 3.8) is 0 Å². The van der Waals surface area contributed by atoms with Gasteiger partial charge in [0.2, 0.25) is 0 Å². The predicted molar refractivity (Wildman–Crippen MR) is 35.2 cm³/mol. The molecule has 48 valence electrons. The second-order valence-electron chi connectivity index (χ2n) is 1.34. The van der Waals surface area contributed by atoms with E-state index in [4.69, 9.17) is 9.90 Å². The molecule has 0 spiro atoms. The highest BCUT2D eigenvalue weighted by molar-refractivity contribution is 5.18. The quantitative estimate of drug-likeness (QED) is 0.564. The van der Waals surface area contributed by atoms with Crippen LogP contribution in [0.1, 0.15) is 0 Å². The van der Waals surface area contributed by atoms with E-state index in [9.17, 15) is 0 Å². The third-order valence-electron chi connectivity index (χ3n) is 0.756. The van der Waals surface area contributed by atoms with Crippen molar-refractivity contribution in [2.75, 3.05) is 0 Å². The second-order valence-corrected chi connectivity index (χ2v) is 1.34. The monoisotopic (exact) mass is 124 g/mol. The number of hydrogen-bond donors (Lipinski definition) is 1. The maximum atomic E-state index is 8.63. The summed E-state index contributed by atoms with van der Waals surface area (Å²) in [5.74, 6) is 0.322. The lowest BCUT2D eigenvalue weighted by atomic mass is 10.3. The molecule has 0 amide bonds. The Morgan fingerprint density at radius 1 is 1.11 bits per heavy atom. The van der Waals surface area contributed by atoms with Crippen LogP contribution in [0.3, 0.4) is 0 Å². The lowest BCUT2D eigenvalue weighted by molar-refractivity contribution is -0.0979. The molecule has 1 rings (SSSR count). The van der Waals surface area contributed by atoms with Crippen LogP contribution < -0.4 is 0 Å². The van der Waals surface area contributed by atoms with Gasteiger partial charge in [-0.25, -0.2) is 0 Å². The summed E-state index contributed by atoms with van der Waals surface area (Å²) in [4.78, 5) is 8.00. The molecule has 1 N–H and O–H groups in total. The standard InChI is InChI=1S/C6H6O.CH2O/c7-6-4-2-1-3-5-6;1-2/h1-5,7H;1H2. The van der Waals surface area contributed by atoms with E-state index in [0.29, 0.717) is 5.75 Å². The van der Waals surface area contributed by atoms with Crippen LogP contribution in [0.5, 0.6) is 5.75 Å². The SMILES string of the molecule is C=O.Oc1ccccc1. The van der Waals surface area contributed by atoms with Gasteiger partial charge >= 0.3 is 0 Å². The third-order valence-corrected chi connectivity index (χ3v) is 0.756. The molecule has 0 saturated heterocycles. The van der Waals surface area contributed by atoms with E-state index in [1.807, 2.05) is 12.9 Å². The molecule has 0 aromatic heterocycles. The van der Waals surface area contributed by atoms with Crippen LogP contribution >= 0.6 is 0 Å². The van der Waals surface area contributed by atoms with E-state index in [2.05, 4.69) is 0 Å². The summed E-state index contributed by atoms with van der Waals surface area (Å²) in [6, 6.07) is 8.71. The Kier molecular flexibility index (Phi) is 4.14. The summed E-state index contributed by atoms with van der Waals surface area (Å²) in [7, 11) is 0. The number of rotatable bonds is 0. The smallest absolute Gasteiger partial charge is 0.115 e. The number of hydrogen-bond acceptors (Lipinski definition) is 2. The first kappa shape index (κ1) is 7.69. The van der Waals surface area contributed by atoms with Gasteiger partial charge in [-0.3, -0.25) is 0 Å². The van der Waals surface area contributed by atoms with Crippen LogP contribution in [0.15, 0.2) is 30.3 Å². The van der Waals surface area contributed by atoms with Crippen LogP contribution in [0.25, 0.3) is 0 Å². The van der Waals surface area contributed by atoms with Gasteiger partial charge in [0.25, 0.3) is 0 Å². The molecular weight excluding hydrogens is 116 g/mol. The van der Waals surface area contributed by atoms with Crippen molar-refractivity contribution >= 4 is 6.79 Å². The highest BCUT2D eigenvalue weighted by Crippen LogP contribution is 2.02. The lowest BCUT2D eigenvalue weighted by Crippen LogP contribution is -1.56. The Labute approximate surface area is 53.8 Å². The molecular formula is C7H8O2. The van der Waals surface area contributed by atoms with Gasteiger partial charge in [0, 0.05) is 0 Å². The molecule has 1 aromatic carbocycles. The van der Waals surface area contributed by atoms with E-state index in [-0.39, 0.29) is 0 Å². The normalized spacial score (nSPS) is 7.11. The second kappa shape index (κ2) is 4.84. The van der Waals surface area contributed by atoms with Crippen LogP contribution in [0.2, 0.25) is 0 Å². The Hall–Kier alpha value is -1.31. The van der Waals surface area contributed by atoms with Gasteiger partial charge in [-0.05, 0) is 12.1 Å². The van der Waals surface area contributed by atoms with Crippen molar-refractivity contribution in [1.82, 2.24) is 0 Å². The average molecular weight is 124 g/mol. The fourth-order valence-electron chi connectivity index (χ4n) is 0.428. The van der Waals surface area contributed by atoms with Gasteiger partial charge in [0.05, 0.1) is 0 Å². The molecule has 0 unspecified atom stereocenters. The van der Waals surface area contributed by atoms with Gasteiger partial charge < -0.3 is 9.90 Å². The molecule has 9 heavy (non-hydrogen) atoms. The molecule has 0 bridgehead atoms. The van der Waals surface area contributed by atoms with Crippen molar-refractivity contribution in [3.05, 3.63) is 30.3 Å². The maximum absolute atomic E-state index is 8.63. The predicted octanol–water partition coefficient (Wildman–Crippen LogP) is 1.21. The summed E-state index contributed by atoms with van der Waals surface area (Å²) >= 11 is 0. The fraction of sp³-hybridized carbons (Fsp3) is 0. The van der Waals surface area contributed by atoms with Crippen LogP contribution in [0, 0.1) is 0 Å². The average Bonchev–Trinajstić information content (AvgIpc) is 1.94. The zero-order valence-electron chi connectivity index (χ0n) is 4.95. The molecule has 2 nitrogen and oxygen atoms in total. The minimum absolute atomic E-state index is 0.322. The van der Waals surface area contributed by atoms with Crippen molar-refractivity contribution in [1.29, 1.82) is 0 Å². The minimum Gasteiger partial charge on any atom is -0.508 e. The molecule has 2 heteroatoms. The van der Waals surface area contributed by atoms with Gasteiger partial charge in [-0.2, -0.15) is 0 Å². The molecule has 0 aliphatic heterocycles. The molecule has 0 radical (unpaired) electrons. The maximum Gasteiger partial charge on any atom is 0.115 e. The topological polar surface area (TPSA) is 37.3 Å². The van der Waals surface area contributed by atoms with E-state index >= 15 is 0 Å². The molecule has 0 atom stereocenters. The first-order valence-corrected chi connectivity index (χ1v) is 2.42. The number of para-hydroxylation sites is 1. The van der Waals surface area contributed by atoms with Gasteiger partial charge in [0.1, 0.15) is 12.5 Å². The van der Waals surface area contributed by atoms with E-state index in [1.54, 1.807) is 24.3 Å². The Balaban J connectivity index is 0.000000291. The van der Waals surface area contributed by atoms with Crippen molar-refractivity contribution in [2.24, 2.45) is 0 Å². The molecule has 0 saturated carbocycles. The molecule has 0 fully saturated rings. The minimum atomic E-state index is 0.322. The largest absolute Gasteiger partial charge is 0.508 e. The zero-order chi connectivity index (χ0) is 7.11. The number of phenols is 1. The zero-order valence-corrected chi connectivity index (χ0v) is 4.95. The first-order valence-electron chi connectivity index (χ1n) is 2.42. The number of aromatic hydroxyl groups is 1. The Bertz CT molecular complexity index is 148. The van der Waals surface area contributed by atoms with Crippen molar-refractivity contribution in [3.8, 4) is 5.75 Å². The van der Waals surface area contributed by atoms with Crippen LogP contribution in [0.4, 0.5) is 0 Å². The number of carbonyl (C=O) groups excluding carboxylic acids is 1. The number of benzene rings is 1. The highest BCUT2D eigenvalue weighted by atomic mass is 16.3. The van der Waals surface area contributed by atoms with E-state index in [1.165, 1.54) is 0 Å². The van der Waals surface area contributed by atoms with Gasteiger partial charge in [-0.1, -0.05) is 18.2 Å². The number of phenolic OH excluding ortho intramolecular Hbond substituents is 1. The fourth-order valence-corrected chi connectivity index (χ4v) is 0.428. The Morgan fingerprint density at radius 2 is 1.56 bits per heavy atom. The van der Waals surface area contributed by atoms with Crippen LogP contribution in [-0.4, -0.2) is 11.9 Å². The van der Waals surface area contributed by atoms with Crippen molar-refractivity contribution in [2.45, 2.75) is 0 Å². The summed E-state index contributed by atoms with van der Waals surface area (Å²) < 4.78 is 0. The van der Waals surface area contributed by atoms with E-state index < -0.39 is 0 Å². The van der Waals surface area contributed by atoms with Gasteiger partial charge in [0.15, 0.2) is 0 Å². The third kappa shape index (κ3) is 3.29.